The molecule has 1 saturated heterocycles. The fourth-order valence-electron chi connectivity index (χ4n) is 3.20. The molecule has 2 atom stereocenters. The van der Waals surface area contributed by atoms with Gasteiger partial charge in [0.1, 0.15) is 17.5 Å². The monoisotopic (exact) mass is 392 g/mol. The number of carbonyl (C=O) groups excluding carboxylic acids is 2. The third-order valence-electron chi connectivity index (χ3n) is 5.13. The molecule has 1 aromatic carbocycles. The molecule has 2 amide bonds. The summed E-state index contributed by atoms with van der Waals surface area (Å²) < 4.78 is 10.4. The quantitative estimate of drug-likeness (QED) is 0.733. The lowest BCUT2D eigenvalue weighted by molar-refractivity contribution is -0.147. The second-order valence-corrected chi connectivity index (χ2v) is 7.67. The molecule has 8 heteroatoms. The fourth-order valence-corrected chi connectivity index (χ4v) is 3.20. The highest BCUT2D eigenvalue weighted by molar-refractivity contribution is 5.98. The number of carboxylic acids is 1. The summed E-state index contributed by atoms with van der Waals surface area (Å²) in [4.78, 5) is 38.7. The van der Waals surface area contributed by atoms with Gasteiger partial charge in [0.25, 0.3) is 5.91 Å². The first-order valence-electron chi connectivity index (χ1n) is 9.17. The number of benzene rings is 1. The number of nitrogens with one attached hydrogen (secondary N) is 1. The van der Waals surface area contributed by atoms with Crippen LogP contribution in [0.3, 0.4) is 0 Å². The van der Waals surface area contributed by atoms with Gasteiger partial charge in [-0.25, -0.2) is 0 Å². The number of ether oxygens (including phenoxy) is 2. The number of nitrogens with zero attached hydrogens (tertiary/aromatic N) is 1. The molecule has 1 heterocycles. The van der Waals surface area contributed by atoms with E-state index < -0.39 is 23.3 Å². The number of hydrogen-bond acceptors (Lipinski definition) is 5. The predicted octanol–water partition coefficient (Wildman–Crippen LogP) is 1.78. The van der Waals surface area contributed by atoms with Crippen molar-refractivity contribution >= 4 is 17.8 Å². The zero-order chi connectivity index (χ0) is 21.1. The average molecular weight is 392 g/mol. The van der Waals surface area contributed by atoms with Crippen LogP contribution in [0.25, 0.3) is 0 Å². The highest BCUT2D eigenvalue weighted by Gasteiger charge is 2.44. The van der Waals surface area contributed by atoms with Gasteiger partial charge >= 0.3 is 5.97 Å². The van der Waals surface area contributed by atoms with Crippen molar-refractivity contribution in [2.45, 2.75) is 33.2 Å². The Kier molecular flexibility index (Phi) is 6.53. The molecule has 2 rings (SSSR count). The van der Waals surface area contributed by atoms with Crippen molar-refractivity contribution in [3.63, 3.8) is 0 Å². The standard InChI is InChI=1S/C20H28N2O6/c1-12(2)16(18(24)22-7-6-20(3,11-22)19(25)26)21-17(23)13-8-14(27-4)10-15(9-13)28-5/h8-10,12,16H,6-7,11H2,1-5H3,(H,21,23)(H,25,26). The molecular formula is C20H28N2O6. The van der Waals surface area contributed by atoms with Crippen LogP contribution in [0.1, 0.15) is 37.6 Å². The van der Waals surface area contributed by atoms with E-state index in [9.17, 15) is 19.5 Å². The van der Waals surface area contributed by atoms with Gasteiger partial charge in [0.15, 0.2) is 0 Å². The van der Waals surface area contributed by atoms with Gasteiger partial charge in [0.2, 0.25) is 5.91 Å². The van der Waals surface area contributed by atoms with Crippen LogP contribution in [0.2, 0.25) is 0 Å². The van der Waals surface area contributed by atoms with Crippen LogP contribution in [0.15, 0.2) is 18.2 Å². The molecule has 2 unspecified atom stereocenters. The molecule has 0 bridgehead atoms. The molecule has 0 aliphatic carbocycles. The van der Waals surface area contributed by atoms with Crippen LogP contribution in [-0.4, -0.2) is 61.1 Å². The zero-order valence-electron chi connectivity index (χ0n) is 16.9. The Morgan fingerprint density at radius 1 is 1.14 bits per heavy atom. The second kappa shape index (κ2) is 8.50. The number of likely N-dealkylation sites (tertiary alicyclic amines) is 1. The van der Waals surface area contributed by atoms with Gasteiger partial charge < -0.3 is 24.8 Å². The normalized spacial score (nSPS) is 20.0. The first-order valence-corrected chi connectivity index (χ1v) is 9.17. The van der Waals surface area contributed by atoms with E-state index in [4.69, 9.17) is 9.47 Å². The minimum atomic E-state index is -0.957. The van der Waals surface area contributed by atoms with E-state index in [1.807, 2.05) is 13.8 Å². The van der Waals surface area contributed by atoms with Gasteiger partial charge in [-0.15, -0.1) is 0 Å². The van der Waals surface area contributed by atoms with Gasteiger partial charge in [0.05, 0.1) is 19.6 Å². The molecule has 0 saturated carbocycles. The van der Waals surface area contributed by atoms with Gasteiger partial charge in [0, 0.05) is 24.7 Å². The van der Waals surface area contributed by atoms with Crippen molar-refractivity contribution in [2.24, 2.45) is 11.3 Å². The van der Waals surface area contributed by atoms with Crippen LogP contribution < -0.4 is 14.8 Å². The zero-order valence-corrected chi connectivity index (χ0v) is 16.9. The first kappa shape index (κ1) is 21.5. The smallest absolute Gasteiger partial charge is 0.311 e. The van der Waals surface area contributed by atoms with Gasteiger partial charge in [-0.3, -0.25) is 14.4 Å². The SMILES string of the molecule is COc1cc(OC)cc(C(=O)NC(C(=O)N2CCC(C)(C(=O)O)C2)C(C)C)c1. The highest BCUT2D eigenvalue weighted by Crippen LogP contribution is 2.31. The molecule has 1 aliphatic heterocycles. The summed E-state index contributed by atoms with van der Waals surface area (Å²) in [7, 11) is 2.98. The average Bonchev–Trinajstić information content (AvgIpc) is 3.08. The fraction of sp³-hybridized carbons (Fsp3) is 0.550. The lowest BCUT2D eigenvalue weighted by Gasteiger charge is -2.28. The molecule has 0 aromatic heterocycles. The Morgan fingerprint density at radius 3 is 2.14 bits per heavy atom. The van der Waals surface area contributed by atoms with Crippen molar-refractivity contribution in [1.82, 2.24) is 10.2 Å². The summed E-state index contributed by atoms with van der Waals surface area (Å²) in [5.74, 6) is -0.855. The summed E-state index contributed by atoms with van der Waals surface area (Å²) in [5, 5.41) is 12.2. The number of carboxylic acid groups (broad SMARTS) is 1. The van der Waals surface area contributed by atoms with E-state index in [-0.39, 0.29) is 18.4 Å². The van der Waals surface area contributed by atoms with Crippen molar-refractivity contribution in [3.05, 3.63) is 23.8 Å². The minimum absolute atomic E-state index is 0.132. The number of amides is 2. The molecule has 154 valence electrons. The number of aliphatic carboxylic acids is 1. The van der Waals surface area contributed by atoms with Crippen LogP contribution in [-0.2, 0) is 9.59 Å². The number of hydrogen-bond donors (Lipinski definition) is 2. The Balaban J connectivity index is 2.18. The Hall–Kier alpha value is -2.77. The van der Waals surface area contributed by atoms with E-state index in [1.54, 1.807) is 25.1 Å². The van der Waals surface area contributed by atoms with E-state index >= 15 is 0 Å². The minimum Gasteiger partial charge on any atom is -0.497 e. The maximum absolute atomic E-state index is 13.0. The Bertz CT molecular complexity index is 741. The first-order chi connectivity index (χ1) is 13.1. The Labute approximate surface area is 164 Å². The lowest BCUT2D eigenvalue weighted by atomic mass is 9.90. The van der Waals surface area contributed by atoms with Crippen molar-refractivity contribution < 1.29 is 29.0 Å². The predicted molar refractivity (Wildman–Crippen MR) is 103 cm³/mol. The Morgan fingerprint density at radius 2 is 1.71 bits per heavy atom. The number of carbonyl (C=O) groups is 3. The number of rotatable bonds is 7. The van der Waals surface area contributed by atoms with Gasteiger partial charge in [-0.05, 0) is 31.4 Å². The topological polar surface area (TPSA) is 105 Å². The molecule has 1 aromatic rings. The molecule has 8 nitrogen and oxygen atoms in total. The van der Waals surface area contributed by atoms with E-state index in [2.05, 4.69) is 5.32 Å². The summed E-state index contributed by atoms with van der Waals surface area (Å²) in [5.41, 5.74) is -0.645. The van der Waals surface area contributed by atoms with Crippen molar-refractivity contribution in [1.29, 1.82) is 0 Å². The molecule has 28 heavy (non-hydrogen) atoms. The third-order valence-corrected chi connectivity index (χ3v) is 5.13. The molecule has 2 N–H and O–H groups in total. The van der Waals surface area contributed by atoms with Gasteiger partial charge in [-0.1, -0.05) is 13.8 Å². The van der Waals surface area contributed by atoms with Crippen molar-refractivity contribution in [2.75, 3.05) is 27.3 Å². The van der Waals surface area contributed by atoms with Gasteiger partial charge in [-0.2, -0.15) is 0 Å². The van der Waals surface area contributed by atoms with E-state index in [0.29, 0.717) is 30.0 Å². The van der Waals surface area contributed by atoms with Crippen LogP contribution in [0, 0.1) is 11.3 Å². The third kappa shape index (κ3) is 4.55. The van der Waals surface area contributed by atoms with Crippen molar-refractivity contribution in [3.8, 4) is 11.5 Å². The van der Waals surface area contributed by atoms with Crippen LogP contribution >= 0.6 is 0 Å². The molecule has 0 spiro atoms. The summed E-state index contributed by atoms with van der Waals surface area (Å²) in [6.45, 7) is 5.79. The molecule has 1 fully saturated rings. The highest BCUT2D eigenvalue weighted by atomic mass is 16.5. The molecular weight excluding hydrogens is 364 g/mol. The van der Waals surface area contributed by atoms with Crippen LogP contribution in [0.5, 0.6) is 11.5 Å². The largest absolute Gasteiger partial charge is 0.497 e. The van der Waals surface area contributed by atoms with Crippen LogP contribution in [0.4, 0.5) is 0 Å². The summed E-state index contributed by atoms with van der Waals surface area (Å²) in [6.07, 6.45) is 0.389. The van der Waals surface area contributed by atoms with E-state index in [1.165, 1.54) is 19.1 Å². The summed E-state index contributed by atoms with van der Waals surface area (Å²) >= 11 is 0. The summed E-state index contributed by atoms with van der Waals surface area (Å²) in [6, 6.07) is 4.02. The lowest BCUT2D eigenvalue weighted by Crippen LogP contribution is -2.51. The maximum Gasteiger partial charge on any atom is 0.311 e. The number of methoxy groups -OCH3 is 2. The molecule has 1 aliphatic rings. The molecule has 0 radical (unpaired) electrons. The second-order valence-electron chi connectivity index (χ2n) is 7.67. The maximum atomic E-state index is 13.0. The van der Waals surface area contributed by atoms with E-state index in [0.717, 1.165) is 0 Å².